The molecule has 0 atom stereocenters. The first kappa shape index (κ1) is 12.9. The molecule has 0 aromatic heterocycles. The summed E-state index contributed by atoms with van der Waals surface area (Å²) in [5, 5.41) is 3.34. The molecule has 0 aliphatic carbocycles. The highest BCUT2D eigenvalue weighted by atomic mass is 16.5. The number of hydrogen-bond donors (Lipinski definition) is 1. The van der Waals surface area contributed by atoms with Crippen molar-refractivity contribution in [1.29, 1.82) is 0 Å². The molecule has 1 saturated heterocycles. The Bertz CT molecular complexity index is 425. The maximum absolute atomic E-state index is 11.7. The number of hydrogen-bond acceptors (Lipinski definition) is 4. The fraction of sp³-hybridized carbons (Fsp3) is 0.500. The third kappa shape index (κ3) is 2.64. The van der Waals surface area contributed by atoms with Crippen LogP contribution in [-0.2, 0) is 4.74 Å². The second kappa shape index (κ2) is 5.87. The minimum atomic E-state index is -0.345. The summed E-state index contributed by atoms with van der Waals surface area (Å²) in [6.07, 6.45) is 2.21. The highest BCUT2D eigenvalue weighted by molar-refractivity contribution is 5.92. The molecule has 0 saturated carbocycles. The molecule has 1 heterocycles. The SMILES string of the molecule is COC(=O)c1cc(C2CCNCC2)ccc1OC. The Kier molecular flexibility index (Phi) is 4.20. The first-order chi connectivity index (χ1) is 8.76. The standard InChI is InChI=1S/C14H19NO3/c1-17-13-4-3-11(9-12(13)14(16)18-2)10-5-7-15-8-6-10/h3-4,9-10,15H,5-8H2,1-2H3. The number of esters is 1. The second-order valence-electron chi connectivity index (χ2n) is 4.48. The summed E-state index contributed by atoms with van der Waals surface area (Å²) in [6, 6.07) is 5.80. The highest BCUT2D eigenvalue weighted by Crippen LogP contribution is 2.29. The van der Waals surface area contributed by atoms with Gasteiger partial charge < -0.3 is 14.8 Å². The second-order valence-corrected chi connectivity index (χ2v) is 4.48. The first-order valence-electron chi connectivity index (χ1n) is 6.23. The molecule has 1 aliphatic heterocycles. The van der Waals surface area contributed by atoms with Gasteiger partial charge in [0.15, 0.2) is 0 Å². The average Bonchev–Trinajstić information content (AvgIpc) is 2.46. The number of rotatable bonds is 3. The van der Waals surface area contributed by atoms with Gasteiger partial charge in [-0.1, -0.05) is 6.07 Å². The lowest BCUT2D eigenvalue weighted by atomic mass is 9.89. The zero-order valence-electron chi connectivity index (χ0n) is 10.9. The molecule has 0 bridgehead atoms. The van der Waals surface area contributed by atoms with E-state index in [4.69, 9.17) is 9.47 Å². The molecule has 1 N–H and O–H groups in total. The van der Waals surface area contributed by atoms with E-state index in [0.29, 0.717) is 17.2 Å². The third-order valence-electron chi connectivity index (χ3n) is 3.44. The number of benzene rings is 1. The van der Waals surface area contributed by atoms with Gasteiger partial charge in [-0.15, -0.1) is 0 Å². The monoisotopic (exact) mass is 249 g/mol. The van der Waals surface area contributed by atoms with Crippen LogP contribution in [0.4, 0.5) is 0 Å². The van der Waals surface area contributed by atoms with Crippen LogP contribution in [0.2, 0.25) is 0 Å². The Morgan fingerprint density at radius 2 is 2.00 bits per heavy atom. The zero-order valence-corrected chi connectivity index (χ0v) is 10.9. The van der Waals surface area contributed by atoms with Crippen molar-refractivity contribution in [2.45, 2.75) is 18.8 Å². The van der Waals surface area contributed by atoms with Crippen molar-refractivity contribution in [3.63, 3.8) is 0 Å². The molecular weight excluding hydrogens is 230 g/mol. The summed E-state index contributed by atoms with van der Waals surface area (Å²) in [5.41, 5.74) is 1.70. The number of methoxy groups -OCH3 is 2. The molecule has 1 fully saturated rings. The molecule has 0 radical (unpaired) electrons. The predicted molar refractivity (Wildman–Crippen MR) is 69.2 cm³/mol. The van der Waals surface area contributed by atoms with Crippen molar-refractivity contribution >= 4 is 5.97 Å². The lowest BCUT2D eigenvalue weighted by molar-refractivity contribution is 0.0597. The molecule has 0 unspecified atom stereocenters. The van der Waals surface area contributed by atoms with Crippen LogP contribution in [0.25, 0.3) is 0 Å². The van der Waals surface area contributed by atoms with E-state index in [1.165, 1.54) is 12.7 Å². The Labute approximate surface area is 107 Å². The smallest absolute Gasteiger partial charge is 0.341 e. The van der Waals surface area contributed by atoms with Crippen LogP contribution < -0.4 is 10.1 Å². The lowest BCUT2D eigenvalue weighted by Crippen LogP contribution is -2.26. The molecular formula is C14H19NO3. The Hall–Kier alpha value is -1.55. The maximum Gasteiger partial charge on any atom is 0.341 e. The van der Waals surface area contributed by atoms with Crippen molar-refractivity contribution in [3.8, 4) is 5.75 Å². The van der Waals surface area contributed by atoms with Gasteiger partial charge in [0, 0.05) is 0 Å². The van der Waals surface area contributed by atoms with Crippen LogP contribution in [0.15, 0.2) is 18.2 Å². The van der Waals surface area contributed by atoms with E-state index >= 15 is 0 Å². The Morgan fingerprint density at radius 1 is 1.28 bits per heavy atom. The minimum Gasteiger partial charge on any atom is -0.496 e. The number of piperidine rings is 1. The summed E-state index contributed by atoms with van der Waals surface area (Å²) < 4.78 is 9.99. The van der Waals surface area contributed by atoms with Crippen LogP contribution in [0, 0.1) is 0 Å². The van der Waals surface area contributed by atoms with E-state index in [0.717, 1.165) is 25.9 Å². The van der Waals surface area contributed by atoms with Crippen LogP contribution in [-0.4, -0.2) is 33.3 Å². The van der Waals surface area contributed by atoms with Gasteiger partial charge in [0.2, 0.25) is 0 Å². The predicted octanol–water partition coefficient (Wildman–Crippen LogP) is 1.95. The lowest BCUT2D eigenvalue weighted by Gasteiger charge is -2.23. The molecule has 2 rings (SSSR count). The summed E-state index contributed by atoms with van der Waals surface area (Å²) in [6.45, 7) is 2.06. The van der Waals surface area contributed by atoms with Crippen LogP contribution in [0.1, 0.15) is 34.7 Å². The van der Waals surface area contributed by atoms with E-state index in [9.17, 15) is 4.79 Å². The van der Waals surface area contributed by atoms with Crippen molar-refractivity contribution in [3.05, 3.63) is 29.3 Å². The van der Waals surface area contributed by atoms with Gasteiger partial charge in [0.05, 0.1) is 14.2 Å². The molecule has 0 spiro atoms. The Morgan fingerprint density at radius 3 is 2.61 bits per heavy atom. The number of carbonyl (C=O) groups excluding carboxylic acids is 1. The van der Waals surface area contributed by atoms with Crippen LogP contribution in [0.5, 0.6) is 5.75 Å². The summed E-state index contributed by atoms with van der Waals surface area (Å²) in [7, 11) is 2.95. The molecule has 4 nitrogen and oxygen atoms in total. The van der Waals surface area contributed by atoms with E-state index in [1.807, 2.05) is 18.2 Å². The van der Waals surface area contributed by atoms with Crippen molar-refractivity contribution in [2.24, 2.45) is 0 Å². The Balaban J connectivity index is 2.29. The zero-order chi connectivity index (χ0) is 13.0. The van der Waals surface area contributed by atoms with Crippen molar-refractivity contribution in [2.75, 3.05) is 27.3 Å². The number of nitrogens with one attached hydrogen (secondary N) is 1. The molecule has 18 heavy (non-hydrogen) atoms. The summed E-state index contributed by atoms with van der Waals surface area (Å²) in [5.74, 6) is 0.739. The van der Waals surface area contributed by atoms with E-state index in [-0.39, 0.29) is 5.97 Å². The van der Waals surface area contributed by atoms with Gasteiger partial charge in [-0.05, 0) is 49.5 Å². The van der Waals surface area contributed by atoms with Gasteiger partial charge in [-0.2, -0.15) is 0 Å². The van der Waals surface area contributed by atoms with E-state index in [1.54, 1.807) is 7.11 Å². The minimum absolute atomic E-state index is 0.345. The average molecular weight is 249 g/mol. The fourth-order valence-electron chi connectivity index (χ4n) is 2.40. The molecule has 98 valence electrons. The maximum atomic E-state index is 11.7. The normalized spacial score (nSPS) is 16.3. The first-order valence-corrected chi connectivity index (χ1v) is 6.23. The van der Waals surface area contributed by atoms with Gasteiger partial charge in [-0.3, -0.25) is 0 Å². The quantitative estimate of drug-likeness (QED) is 0.832. The topological polar surface area (TPSA) is 47.6 Å². The van der Waals surface area contributed by atoms with Crippen molar-refractivity contribution in [1.82, 2.24) is 5.32 Å². The third-order valence-corrected chi connectivity index (χ3v) is 3.44. The van der Waals surface area contributed by atoms with Crippen LogP contribution >= 0.6 is 0 Å². The molecule has 1 aliphatic rings. The highest BCUT2D eigenvalue weighted by Gasteiger charge is 2.19. The van der Waals surface area contributed by atoms with Gasteiger partial charge in [0.1, 0.15) is 11.3 Å². The van der Waals surface area contributed by atoms with E-state index < -0.39 is 0 Å². The van der Waals surface area contributed by atoms with E-state index in [2.05, 4.69) is 5.32 Å². The van der Waals surface area contributed by atoms with Crippen molar-refractivity contribution < 1.29 is 14.3 Å². The molecule has 4 heteroatoms. The molecule has 0 amide bonds. The summed E-state index contributed by atoms with van der Waals surface area (Å²) in [4.78, 5) is 11.7. The van der Waals surface area contributed by atoms with Gasteiger partial charge in [0.25, 0.3) is 0 Å². The van der Waals surface area contributed by atoms with Gasteiger partial charge >= 0.3 is 5.97 Å². The fourth-order valence-corrected chi connectivity index (χ4v) is 2.40. The molecule has 1 aromatic carbocycles. The summed E-state index contributed by atoms with van der Waals surface area (Å²) >= 11 is 0. The van der Waals surface area contributed by atoms with Gasteiger partial charge in [-0.25, -0.2) is 4.79 Å². The number of carbonyl (C=O) groups is 1. The van der Waals surface area contributed by atoms with Crippen LogP contribution in [0.3, 0.4) is 0 Å². The largest absolute Gasteiger partial charge is 0.496 e. The molecule has 1 aromatic rings. The number of ether oxygens (including phenoxy) is 2.